The number of amides is 1. The normalized spacial score (nSPS) is 10.8. The van der Waals surface area contributed by atoms with Crippen molar-refractivity contribution in [3.63, 3.8) is 0 Å². The third-order valence-electron chi connectivity index (χ3n) is 3.80. The Morgan fingerprint density at radius 2 is 1.75 bits per heavy atom. The van der Waals surface area contributed by atoms with E-state index in [0.29, 0.717) is 24.5 Å². The standard InChI is InChI=1S/C19H22N4O5/c1-20-9-10-23(2)19(27)28-12-13-3-5-14(6-4-13)21-22-15-7-8-17(24)16(11-15)18(25)26/h3-8,11,20,24H,9-10,12H2,1-2H3,(H,25,26). The molecule has 0 heterocycles. The van der Waals surface area contributed by atoms with Crippen LogP contribution in [0, 0.1) is 0 Å². The van der Waals surface area contributed by atoms with Crippen molar-refractivity contribution in [1.29, 1.82) is 0 Å². The summed E-state index contributed by atoms with van der Waals surface area (Å²) in [6.45, 7) is 1.37. The SMILES string of the molecule is CNCCN(C)C(=O)OCc1ccc(N=Nc2ccc(O)c(C(=O)O)c2)cc1. The summed E-state index contributed by atoms with van der Waals surface area (Å²) < 4.78 is 5.23. The molecule has 0 atom stereocenters. The second-order valence-corrected chi connectivity index (χ2v) is 5.95. The van der Waals surface area contributed by atoms with Gasteiger partial charge in [-0.05, 0) is 42.9 Å². The lowest BCUT2D eigenvalue weighted by atomic mass is 10.2. The molecule has 1 amide bonds. The molecule has 3 N–H and O–H groups in total. The first-order valence-electron chi connectivity index (χ1n) is 8.50. The maximum absolute atomic E-state index is 11.8. The number of carbonyl (C=O) groups is 2. The van der Waals surface area contributed by atoms with E-state index in [9.17, 15) is 14.7 Å². The Labute approximate surface area is 162 Å². The Bertz CT molecular complexity index is 852. The molecule has 0 fully saturated rings. The molecule has 28 heavy (non-hydrogen) atoms. The number of nitrogens with one attached hydrogen (secondary N) is 1. The molecule has 2 rings (SSSR count). The van der Waals surface area contributed by atoms with Crippen molar-refractivity contribution in [3.8, 4) is 5.75 Å². The molecule has 9 heteroatoms. The molecule has 0 aliphatic heterocycles. The van der Waals surface area contributed by atoms with Crippen LogP contribution < -0.4 is 5.32 Å². The van der Waals surface area contributed by atoms with Crippen LogP contribution in [0.1, 0.15) is 15.9 Å². The fraction of sp³-hybridized carbons (Fsp3) is 0.263. The van der Waals surface area contributed by atoms with Crippen molar-refractivity contribution < 1.29 is 24.5 Å². The summed E-state index contributed by atoms with van der Waals surface area (Å²) in [5, 5.41) is 29.4. The van der Waals surface area contributed by atoms with Gasteiger partial charge in [0.15, 0.2) is 0 Å². The number of benzene rings is 2. The van der Waals surface area contributed by atoms with Crippen LogP contribution in [0.25, 0.3) is 0 Å². The van der Waals surface area contributed by atoms with Gasteiger partial charge in [-0.2, -0.15) is 10.2 Å². The van der Waals surface area contributed by atoms with Crippen molar-refractivity contribution >= 4 is 23.4 Å². The number of ether oxygens (including phenoxy) is 1. The van der Waals surface area contributed by atoms with Crippen molar-refractivity contribution in [2.75, 3.05) is 27.2 Å². The van der Waals surface area contributed by atoms with Crippen LogP contribution in [0.5, 0.6) is 5.75 Å². The summed E-state index contributed by atoms with van der Waals surface area (Å²) >= 11 is 0. The zero-order valence-corrected chi connectivity index (χ0v) is 15.6. The quantitative estimate of drug-likeness (QED) is 0.598. The van der Waals surface area contributed by atoms with Crippen LogP contribution in [0.15, 0.2) is 52.7 Å². The highest BCUT2D eigenvalue weighted by atomic mass is 16.6. The Morgan fingerprint density at radius 3 is 2.39 bits per heavy atom. The minimum Gasteiger partial charge on any atom is -0.507 e. The average Bonchev–Trinajstić information content (AvgIpc) is 2.70. The van der Waals surface area contributed by atoms with E-state index >= 15 is 0 Å². The highest BCUT2D eigenvalue weighted by molar-refractivity contribution is 5.91. The van der Waals surface area contributed by atoms with Crippen molar-refractivity contribution in [3.05, 3.63) is 53.6 Å². The van der Waals surface area contributed by atoms with E-state index in [0.717, 1.165) is 5.56 Å². The number of carboxylic acids is 1. The number of likely N-dealkylation sites (N-methyl/N-ethyl adjacent to an activating group) is 2. The molecule has 0 aliphatic rings. The van der Waals surface area contributed by atoms with Crippen molar-refractivity contribution in [2.45, 2.75) is 6.61 Å². The number of phenols is 1. The van der Waals surface area contributed by atoms with Crippen LogP contribution in [-0.4, -0.2) is 54.4 Å². The van der Waals surface area contributed by atoms with Gasteiger partial charge in [0.25, 0.3) is 0 Å². The zero-order chi connectivity index (χ0) is 20.5. The summed E-state index contributed by atoms with van der Waals surface area (Å²) in [6, 6.07) is 10.9. The fourth-order valence-electron chi connectivity index (χ4n) is 2.16. The van der Waals surface area contributed by atoms with Crippen LogP contribution in [0.2, 0.25) is 0 Å². The predicted octanol–water partition coefficient (Wildman–Crippen LogP) is 3.29. The highest BCUT2D eigenvalue weighted by Crippen LogP contribution is 2.25. The van der Waals surface area contributed by atoms with Gasteiger partial charge in [-0.15, -0.1) is 0 Å². The maximum Gasteiger partial charge on any atom is 0.409 e. The number of aromatic carboxylic acids is 1. The third kappa shape index (κ3) is 6.06. The minimum absolute atomic E-state index is 0.139. The summed E-state index contributed by atoms with van der Waals surface area (Å²) in [6.07, 6.45) is -0.402. The van der Waals surface area contributed by atoms with Gasteiger partial charge in [0.2, 0.25) is 0 Å². The van der Waals surface area contributed by atoms with E-state index in [2.05, 4.69) is 15.5 Å². The summed E-state index contributed by atoms with van der Waals surface area (Å²) in [7, 11) is 3.48. The molecule has 0 unspecified atom stereocenters. The number of azo groups is 1. The lowest BCUT2D eigenvalue weighted by Crippen LogP contribution is -2.33. The van der Waals surface area contributed by atoms with Gasteiger partial charge in [-0.1, -0.05) is 12.1 Å². The molecule has 0 saturated carbocycles. The molecule has 0 aromatic heterocycles. The molecule has 148 valence electrons. The van der Waals surface area contributed by atoms with Crippen molar-refractivity contribution in [1.82, 2.24) is 10.2 Å². The average molecular weight is 386 g/mol. The smallest absolute Gasteiger partial charge is 0.409 e. The van der Waals surface area contributed by atoms with Gasteiger partial charge >= 0.3 is 12.1 Å². The first-order chi connectivity index (χ1) is 13.4. The van der Waals surface area contributed by atoms with Gasteiger partial charge in [-0.25, -0.2) is 9.59 Å². The van der Waals surface area contributed by atoms with E-state index in [1.807, 2.05) is 7.05 Å². The second-order valence-electron chi connectivity index (χ2n) is 5.95. The number of nitrogens with zero attached hydrogens (tertiary/aromatic N) is 3. The molecule has 0 aliphatic carbocycles. The molecule has 0 saturated heterocycles. The van der Waals surface area contributed by atoms with Crippen LogP contribution >= 0.6 is 0 Å². The lowest BCUT2D eigenvalue weighted by Gasteiger charge is -2.16. The molecule has 2 aromatic carbocycles. The van der Waals surface area contributed by atoms with Crippen LogP contribution in [-0.2, 0) is 11.3 Å². The lowest BCUT2D eigenvalue weighted by molar-refractivity contribution is 0.0693. The largest absolute Gasteiger partial charge is 0.507 e. The monoisotopic (exact) mass is 386 g/mol. The number of carboxylic acid groups (broad SMARTS) is 1. The van der Waals surface area contributed by atoms with E-state index in [1.165, 1.54) is 23.1 Å². The minimum atomic E-state index is -1.25. The predicted molar refractivity (Wildman–Crippen MR) is 102 cm³/mol. The van der Waals surface area contributed by atoms with Gasteiger partial charge in [0.05, 0.1) is 11.4 Å². The van der Waals surface area contributed by atoms with Gasteiger partial charge in [-0.3, -0.25) is 0 Å². The molecular formula is C19H22N4O5. The van der Waals surface area contributed by atoms with Gasteiger partial charge in [0.1, 0.15) is 17.9 Å². The molecular weight excluding hydrogens is 364 g/mol. The Morgan fingerprint density at radius 1 is 1.11 bits per heavy atom. The molecule has 0 radical (unpaired) electrons. The molecule has 9 nitrogen and oxygen atoms in total. The zero-order valence-electron chi connectivity index (χ0n) is 15.6. The summed E-state index contributed by atoms with van der Waals surface area (Å²) in [4.78, 5) is 24.3. The number of hydrogen-bond acceptors (Lipinski definition) is 7. The van der Waals surface area contributed by atoms with Crippen LogP contribution in [0.4, 0.5) is 16.2 Å². The van der Waals surface area contributed by atoms with Gasteiger partial charge in [0, 0.05) is 20.1 Å². The first kappa shape index (κ1) is 20.8. The maximum atomic E-state index is 11.8. The first-order valence-corrected chi connectivity index (χ1v) is 8.50. The highest BCUT2D eigenvalue weighted by Gasteiger charge is 2.10. The van der Waals surface area contributed by atoms with E-state index in [-0.39, 0.29) is 17.9 Å². The van der Waals surface area contributed by atoms with E-state index < -0.39 is 12.1 Å². The summed E-state index contributed by atoms with van der Waals surface area (Å²) in [5.41, 5.74) is 1.41. The van der Waals surface area contributed by atoms with Crippen LogP contribution in [0.3, 0.4) is 0 Å². The molecule has 2 aromatic rings. The summed E-state index contributed by atoms with van der Waals surface area (Å²) in [5.74, 6) is -1.58. The Kier molecular flexibility index (Phi) is 7.46. The topological polar surface area (TPSA) is 124 Å². The second kappa shape index (κ2) is 10.0. The van der Waals surface area contributed by atoms with E-state index in [1.54, 1.807) is 31.3 Å². The number of carbonyl (C=O) groups excluding carboxylic acids is 1. The Balaban J connectivity index is 1.94. The van der Waals surface area contributed by atoms with Crippen molar-refractivity contribution in [2.24, 2.45) is 10.2 Å². The molecule has 0 bridgehead atoms. The number of hydrogen-bond donors (Lipinski definition) is 3. The molecule has 0 spiro atoms. The van der Waals surface area contributed by atoms with Gasteiger partial charge < -0.3 is 25.2 Å². The Hall–Kier alpha value is -3.46. The fourth-order valence-corrected chi connectivity index (χ4v) is 2.16. The number of rotatable bonds is 8. The number of aromatic hydroxyl groups is 1. The third-order valence-corrected chi connectivity index (χ3v) is 3.80. The van der Waals surface area contributed by atoms with E-state index in [4.69, 9.17) is 9.84 Å².